The number of aromatic nitrogens is 12. The second-order valence-electron chi connectivity index (χ2n) is 18.6. The van der Waals surface area contributed by atoms with Crippen molar-refractivity contribution in [1.29, 1.82) is 0 Å². The van der Waals surface area contributed by atoms with Gasteiger partial charge in [0.1, 0.15) is 22.4 Å². The first-order chi connectivity index (χ1) is 36.3. The monoisotopic (exact) mass is 1010 g/mol. The molecule has 2 aromatic carbocycles. The summed E-state index contributed by atoms with van der Waals surface area (Å²) in [4.78, 5) is 87.9. The maximum Gasteiger partial charge on any atom is 0.256 e. The lowest BCUT2D eigenvalue weighted by molar-refractivity contribution is -0.119. The fourth-order valence-corrected chi connectivity index (χ4v) is 8.69. The molecule has 20 heteroatoms. The van der Waals surface area contributed by atoms with E-state index in [1.54, 1.807) is 59.1 Å². The minimum atomic E-state index is -0.137. The van der Waals surface area contributed by atoms with Gasteiger partial charge in [-0.15, -0.1) is 0 Å². The van der Waals surface area contributed by atoms with Gasteiger partial charge in [0, 0.05) is 85.6 Å². The van der Waals surface area contributed by atoms with Crippen LogP contribution in [0.15, 0.2) is 97.8 Å². The highest BCUT2D eigenvalue weighted by Gasteiger charge is 2.23. The van der Waals surface area contributed by atoms with Crippen molar-refractivity contribution < 1.29 is 19.2 Å². The molecule has 0 aliphatic heterocycles. The van der Waals surface area contributed by atoms with Crippen molar-refractivity contribution in [2.24, 2.45) is 11.8 Å². The Kier molecular flexibility index (Phi) is 14.8. The van der Waals surface area contributed by atoms with Crippen molar-refractivity contribution in [3.05, 3.63) is 109 Å². The van der Waals surface area contributed by atoms with Crippen LogP contribution in [0.1, 0.15) is 82.5 Å². The number of H-pyrrole nitrogens is 4. The van der Waals surface area contributed by atoms with Gasteiger partial charge in [0.05, 0.1) is 56.7 Å². The summed E-state index contributed by atoms with van der Waals surface area (Å²) in [6.45, 7) is 18.0. The summed E-state index contributed by atoms with van der Waals surface area (Å²) >= 11 is 0. The van der Waals surface area contributed by atoms with Gasteiger partial charge >= 0.3 is 0 Å². The van der Waals surface area contributed by atoms with Gasteiger partial charge in [0.15, 0.2) is 22.9 Å². The van der Waals surface area contributed by atoms with Crippen LogP contribution < -0.4 is 10.6 Å². The number of nitrogens with one attached hydrogen (secondary N) is 6. The van der Waals surface area contributed by atoms with Gasteiger partial charge in [-0.1, -0.05) is 39.8 Å². The number of anilines is 2. The van der Waals surface area contributed by atoms with Gasteiger partial charge < -0.3 is 30.4 Å². The SMILES string of the molecule is CCN(CC)C(=O)c1cccc2[nH]c(-c3[nH]nc4ncc(-c5cncc(NC(=O)C(C)C)c5)cc34)nc12.CCN(CC)C(=O)c1cccc2[nH]c(-c3[nH]nc4ncc(-c5cncc(NC(=O)CC(C)C)c5)cc34)nc12. The van der Waals surface area contributed by atoms with Gasteiger partial charge in [-0.25, -0.2) is 19.9 Å². The molecule has 0 saturated carbocycles. The topological polar surface area (TPSA) is 265 Å². The molecule has 10 rings (SSSR count). The molecule has 0 fully saturated rings. The molecule has 75 heavy (non-hydrogen) atoms. The first kappa shape index (κ1) is 50.7. The fraction of sp³-hybridized carbons (Fsp3) is 0.273. The second-order valence-corrected chi connectivity index (χ2v) is 18.6. The lowest BCUT2D eigenvalue weighted by Gasteiger charge is -2.18. The minimum Gasteiger partial charge on any atom is -0.339 e. The van der Waals surface area contributed by atoms with Crippen LogP contribution in [0.5, 0.6) is 0 Å². The number of hydrogen-bond acceptors (Lipinski definition) is 12. The summed E-state index contributed by atoms with van der Waals surface area (Å²) < 4.78 is 0. The molecule has 0 aliphatic carbocycles. The number of para-hydroxylation sites is 2. The summed E-state index contributed by atoms with van der Waals surface area (Å²) in [5, 5.41) is 22.1. The fourth-order valence-electron chi connectivity index (χ4n) is 8.69. The van der Waals surface area contributed by atoms with Crippen molar-refractivity contribution >= 4 is 79.1 Å². The largest absolute Gasteiger partial charge is 0.339 e. The van der Waals surface area contributed by atoms with Crippen LogP contribution in [0.3, 0.4) is 0 Å². The molecular weight excluding hydrogens is 949 g/mol. The van der Waals surface area contributed by atoms with Crippen molar-refractivity contribution in [2.45, 2.75) is 61.8 Å². The summed E-state index contributed by atoms with van der Waals surface area (Å²) in [7, 11) is 0. The highest BCUT2D eigenvalue weighted by atomic mass is 16.2. The van der Waals surface area contributed by atoms with E-state index in [0.29, 0.717) is 100 Å². The molecule has 10 aromatic rings. The molecule has 6 N–H and O–H groups in total. The number of rotatable bonds is 15. The van der Waals surface area contributed by atoms with Crippen LogP contribution in [0.2, 0.25) is 0 Å². The third-order valence-electron chi connectivity index (χ3n) is 12.7. The van der Waals surface area contributed by atoms with Gasteiger partial charge in [0.2, 0.25) is 11.8 Å². The number of fused-ring (bicyclic) bond motifs is 4. The van der Waals surface area contributed by atoms with Crippen LogP contribution in [0, 0.1) is 11.8 Å². The molecule has 382 valence electrons. The number of pyridine rings is 4. The van der Waals surface area contributed by atoms with E-state index in [4.69, 9.17) is 9.97 Å². The predicted molar refractivity (Wildman–Crippen MR) is 290 cm³/mol. The zero-order valence-corrected chi connectivity index (χ0v) is 43.0. The molecular formula is C55H58N16O4. The smallest absolute Gasteiger partial charge is 0.256 e. The van der Waals surface area contributed by atoms with Crippen molar-refractivity contribution in [3.8, 4) is 45.3 Å². The van der Waals surface area contributed by atoms with E-state index >= 15 is 0 Å². The molecule has 20 nitrogen and oxygen atoms in total. The second kappa shape index (κ2) is 21.9. The number of carbonyl (C=O) groups excluding carboxylic acids is 4. The van der Waals surface area contributed by atoms with E-state index in [9.17, 15) is 19.2 Å². The molecule has 0 unspecified atom stereocenters. The van der Waals surface area contributed by atoms with E-state index in [2.05, 4.69) is 60.9 Å². The van der Waals surface area contributed by atoms with Crippen molar-refractivity contribution in [2.75, 3.05) is 36.8 Å². The minimum absolute atomic E-state index is 0.0478. The first-order valence-corrected chi connectivity index (χ1v) is 25.0. The number of imidazole rings is 2. The Bertz CT molecular complexity index is 3730. The predicted octanol–water partition coefficient (Wildman–Crippen LogP) is 9.67. The highest BCUT2D eigenvalue weighted by Crippen LogP contribution is 2.33. The maximum atomic E-state index is 13.1. The number of carbonyl (C=O) groups is 4. The van der Waals surface area contributed by atoms with E-state index < -0.39 is 0 Å². The molecule has 0 bridgehead atoms. The van der Waals surface area contributed by atoms with Crippen molar-refractivity contribution in [1.82, 2.24) is 70.1 Å². The zero-order valence-electron chi connectivity index (χ0n) is 43.0. The van der Waals surface area contributed by atoms with Crippen LogP contribution in [0.4, 0.5) is 11.4 Å². The maximum absolute atomic E-state index is 13.1. The highest BCUT2D eigenvalue weighted by molar-refractivity contribution is 6.07. The van der Waals surface area contributed by atoms with Crippen molar-refractivity contribution in [3.63, 3.8) is 0 Å². The molecule has 0 atom stereocenters. The quantitative estimate of drug-likeness (QED) is 0.0561. The Hall–Kier alpha value is -9.20. The van der Waals surface area contributed by atoms with Gasteiger partial charge in [-0.3, -0.25) is 39.3 Å². The summed E-state index contributed by atoms with van der Waals surface area (Å²) in [6, 6.07) is 18.8. The third kappa shape index (κ3) is 10.7. The summed E-state index contributed by atoms with van der Waals surface area (Å²) in [5.74, 6) is 1.03. The van der Waals surface area contributed by atoms with E-state index in [0.717, 1.165) is 44.1 Å². The van der Waals surface area contributed by atoms with Crippen LogP contribution in [-0.2, 0) is 9.59 Å². The van der Waals surface area contributed by atoms with Crippen LogP contribution in [-0.4, -0.2) is 120 Å². The van der Waals surface area contributed by atoms with Gasteiger partial charge in [-0.05, 0) is 82.1 Å². The lowest BCUT2D eigenvalue weighted by Crippen LogP contribution is -2.30. The average Bonchev–Trinajstić information content (AvgIpc) is 4.25. The van der Waals surface area contributed by atoms with Crippen LogP contribution >= 0.6 is 0 Å². The molecule has 8 heterocycles. The van der Waals surface area contributed by atoms with Crippen LogP contribution in [0.25, 0.3) is 89.4 Å². The molecule has 0 aliphatic rings. The lowest BCUT2D eigenvalue weighted by atomic mass is 10.1. The number of hydrogen-bond donors (Lipinski definition) is 6. The third-order valence-corrected chi connectivity index (χ3v) is 12.7. The molecule has 0 radical (unpaired) electrons. The van der Waals surface area contributed by atoms with E-state index in [-0.39, 0.29) is 35.5 Å². The Morgan fingerprint density at radius 1 is 0.560 bits per heavy atom. The number of amides is 4. The summed E-state index contributed by atoms with van der Waals surface area (Å²) in [6.07, 6.45) is 10.6. The van der Waals surface area contributed by atoms with Gasteiger partial charge in [-0.2, -0.15) is 10.2 Å². The number of benzene rings is 2. The number of aromatic amines is 4. The molecule has 0 saturated heterocycles. The molecule has 0 spiro atoms. The zero-order chi connectivity index (χ0) is 52.9. The normalized spacial score (nSPS) is 11.4. The Balaban J connectivity index is 0.000000184. The van der Waals surface area contributed by atoms with E-state index in [1.807, 2.05) is 104 Å². The Labute approximate surface area is 431 Å². The molecule has 8 aromatic heterocycles. The summed E-state index contributed by atoms with van der Waals surface area (Å²) in [5.41, 5.74) is 10.8. The molecule has 4 amide bonds. The first-order valence-electron chi connectivity index (χ1n) is 25.0. The Morgan fingerprint density at radius 2 is 1.00 bits per heavy atom. The number of nitrogens with zero attached hydrogens (tertiary/aromatic N) is 10. The Morgan fingerprint density at radius 3 is 1.43 bits per heavy atom. The van der Waals surface area contributed by atoms with Gasteiger partial charge in [0.25, 0.3) is 11.8 Å². The standard InChI is InChI=1S/C28H30N8O2.C27H28N8O2/c1-5-36(6-2)28(38)20-8-7-9-22-24(20)33-27(32-22)25-21-12-18(14-30-26(21)35-34-25)17-11-19(15-29-13-17)31-23(37)10-16(3)4;1-5-35(6-2)27(37)19-8-7-9-21-22(19)32-25(31-21)23-20-11-17(13-29-24(20)34-33-23)16-10-18(14-28-12-16)30-26(36)15(3)4/h7-9,11-16H,5-6,10H2,1-4H3,(H,31,37)(H,32,33)(H,30,34,35);7-15H,5-6H2,1-4H3,(H,30,36)(H,31,32)(H,29,33,34). The van der Waals surface area contributed by atoms with E-state index in [1.165, 1.54) is 0 Å². The average molecular weight is 1010 g/mol.